The largest absolute Gasteiger partial charge is 0.465 e. The Balaban J connectivity index is 2.24. The van der Waals surface area contributed by atoms with E-state index in [-0.39, 0.29) is 22.5 Å². The average molecular weight is 407 g/mol. The first-order valence-electron chi connectivity index (χ1n) is 7.30. The molecule has 0 aliphatic rings. The van der Waals surface area contributed by atoms with Crippen molar-refractivity contribution in [3.8, 4) is 0 Å². The van der Waals surface area contributed by atoms with Crippen molar-refractivity contribution in [1.82, 2.24) is 4.98 Å². The molecule has 0 saturated heterocycles. The Hall–Kier alpha value is -2.54. The molecule has 0 fully saturated rings. The normalized spacial score (nSPS) is 10.8. The summed E-state index contributed by atoms with van der Waals surface area (Å²) in [6.07, 6.45) is 1.47. The Morgan fingerprint density at radius 3 is 2.68 bits per heavy atom. The van der Waals surface area contributed by atoms with Crippen molar-refractivity contribution in [3.05, 3.63) is 63.8 Å². The second kappa shape index (κ2) is 6.76. The van der Waals surface area contributed by atoms with Gasteiger partial charge in [-0.1, -0.05) is 15.9 Å². The van der Waals surface area contributed by atoms with E-state index in [1.165, 1.54) is 31.5 Å². The number of aromatic nitrogens is 1. The first kappa shape index (κ1) is 17.3. The molecule has 0 unspecified atom stereocenters. The third-order valence-electron chi connectivity index (χ3n) is 3.79. The van der Waals surface area contributed by atoms with Crippen LogP contribution in [0.15, 0.2) is 41.0 Å². The molecule has 128 valence electrons. The number of aryl methyl sites for hydroxylation is 1. The smallest absolute Gasteiger partial charge is 0.340 e. The van der Waals surface area contributed by atoms with Crippen LogP contribution in [0.2, 0.25) is 0 Å². The second-order valence-electron chi connectivity index (χ2n) is 5.38. The molecule has 3 rings (SSSR count). The molecule has 0 spiro atoms. The lowest BCUT2D eigenvalue weighted by molar-refractivity contribution is 0.0601. The number of anilines is 2. The van der Waals surface area contributed by atoms with Gasteiger partial charge >= 0.3 is 5.97 Å². The Morgan fingerprint density at radius 2 is 2.00 bits per heavy atom. The van der Waals surface area contributed by atoms with Gasteiger partial charge in [0.15, 0.2) is 5.82 Å². The zero-order chi connectivity index (χ0) is 18.1. The number of fused-ring (bicyclic) bond motifs is 1. The van der Waals surface area contributed by atoms with E-state index in [0.29, 0.717) is 9.86 Å². The summed E-state index contributed by atoms with van der Waals surface area (Å²) in [4.78, 5) is 16.2. The molecule has 0 saturated carbocycles. The maximum absolute atomic E-state index is 15.0. The van der Waals surface area contributed by atoms with Crippen molar-refractivity contribution in [3.63, 3.8) is 0 Å². The van der Waals surface area contributed by atoms with E-state index in [1.807, 2.05) is 0 Å². The van der Waals surface area contributed by atoms with Gasteiger partial charge in [-0.25, -0.2) is 13.6 Å². The van der Waals surface area contributed by atoms with E-state index in [0.717, 1.165) is 5.56 Å². The lowest BCUT2D eigenvalue weighted by Gasteiger charge is -2.15. The molecule has 3 aromatic rings. The lowest BCUT2D eigenvalue weighted by atomic mass is 10.0. The summed E-state index contributed by atoms with van der Waals surface area (Å²) in [5.74, 6) is -2.07. The van der Waals surface area contributed by atoms with Gasteiger partial charge in [0, 0.05) is 16.1 Å². The van der Waals surface area contributed by atoms with Gasteiger partial charge in [0.2, 0.25) is 0 Å². The maximum atomic E-state index is 15.0. The van der Waals surface area contributed by atoms with Gasteiger partial charge in [-0.3, -0.25) is 4.98 Å². The Labute approximate surface area is 151 Å². The molecule has 4 nitrogen and oxygen atoms in total. The van der Waals surface area contributed by atoms with Crippen molar-refractivity contribution in [2.24, 2.45) is 0 Å². The number of methoxy groups -OCH3 is 1. The van der Waals surface area contributed by atoms with Crippen LogP contribution in [-0.2, 0) is 4.74 Å². The molecule has 1 aromatic heterocycles. The highest BCUT2D eigenvalue weighted by atomic mass is 79.9. The van der Waals surface area contributed by atoms with E-state index in [1.54, 1.807) is 19.1 Å². The third-order valence-corrected chi connectivity index (χ3v) is 4.28. The van der Waals surface area contributed by atoms with Crippen molar-refractivity contribution < 1.29 is 18.3 Å². The van der Waals surface area contributed by atoms with E-state index >= 15 is 4.39 Å². The van der Waals surface area contributed by atoms with Gasteiger partial charge < -0.3 is 10.1 Å². The quantitative estimate of drug-likeness (QED) is 0.613. The number of hydrogen-bond donors (Lipinski definition) is 1. The number of rotatable bonds is 3. The zero-order valence-corrected chi connectivity index (χ0v) is 14.9. The van der Waals surface area contributed by atoms with Crippen LogP contribution in [0.25, 0.3) is 10.9 Å². The Morgan fingerprint density at radius 1 is 1.24 bits per heavy atom. The summed E-state index contributed by atoms with van der Waals surface area (Å²) in [6, 6.07) is 7.48. The fourth-order valence-corrected chi connectivity index (χ4v) is 2.83. The molecule has 0 radical (unpaired) electrons. The van der Waals surface area contributed by atoms with Gasteiger partial charge in [0.1, 0.15) is 11.3 Å². The van der Waals surface area contributed by atoms with Crippen molar-refractivity contribution >= 4 is 44.2 Å². The number of carbonyl (C=O) groups excluding carboxylic acids is 1. The van der Waals surface area contributed by atoms with E-state index in [2.05, 4.69) is 26.2 Å². The van der Waals surface area contributed by atoms with Gasteiger partial charge in [0.05, 0.1) is 24.0 Å². The summed E-state index contributed by atoms with van der Waals surface area (Å²) in [5.41, 5.74) is 0.659. The fourth-order valence-electron chi connectivity index (χ4n) is 2.50. The number of carbonyl (C=O) groups is 1. The summed E-state index contributed by atoms with van der Waals surface area (Å²) in [6.45, 7) is 1.78. The standard InChI is InChI=1S/C18H13BrF2N2O2/c1-9-5-6-22-16-11(9)8-12(18(24)25-2)17(15(16)21)23-14-4-3-10(19)7-13(14)20/h3-8,23H,1-2H3. The number of hydrogen-bond acceptors (Lipinski definition) is 4. The van der Waals surface area contributed by atoms with Crippen molar-refractivity contribution in [2.45, 2.75) is 6.92 Å². The van der Waals surface area contributed by atoms with E-state index < -0.39 is 17.6 Å². The van der Waals surface area contributed by atoms with Gasteiger partial charge in [-0.15, -0.1) is 0 Å². The number of esters is 1. The van der Waals surface area contributed by atoms with Crippen molar-refractivity contribution in [2.75, 3.05) is 12.4 Å². The average Bonchev–Trinajstić information content (AvgIpc) is 2.59. The minimum atomic E-state index is -0.746. The highest BCUT2D eigenvalue weighted by Gasteiger charge is 2.22. The predicted molar refractivity (Wildman–Crippen MR) is 95.2 cm³/mol. The molecule has 2 aromatic carbocycles. The number of nitrogens with zero attached hydrogens (tertiary/aromatic N) is 1. The number of pyridine rings is 1. The van der Waals surface area contributed by atoms with Crippen LogP contribution in [-0.4, -0.2) is 18.1 Å². The summed E-state index contributed by atoms with van der Waals surface area (Å²) in [5, 5.41) is 3.14. The van der Waals surface area contributed by atoms with E-state index in [4.69, 9.17) is 4.74 Å². The van der Waals surface area contributed by atoms with Crippen LogP contribution in [0.5, 0.6) is 0 Å². The van der Waals surface area contributed by atoms with Gasteiger partial charge in [0.25, 0.3) is 0 Å². The first-order valence-corrected chi connectivity index (χ1v) is 8.10. The van der Waals surface area contributed by atoms with Crippen LogP contribution in [0.4, 0.5) is 20.2 Å². The van der Waals surface area contributed by atoms with Crippen LogP contribution in [0.3, 0.4) is 0 Å². The maximum Gasteiger partial charge on any atom is 0.340 e. The highest BCUT2D eigenvalue weighted by molar-refractivity contribution is 9.10. The summed E-state index contributed by atoms with van der Waals surface area (Å²) in [7, 11) is 1.20. The Kier molecular flexibility index (Phi) is 4.67. The molecule has 1 N–H and O–H groups in total. The minimum absolute atomic E-state index is 0.0271. The lowest BCUT2D eigenvalue weighted by Crippen LogP contribution is -2.09. The first-order chi connectivity index (χ1) is 11.9. The van der Waals surface area contributed by atoms with Gasteiger partial charge in [-0.05, 0) is 42.8 Å². The molecule has 1 heterocycles. The zero-order valence-electron chi connectivity index (χ0n) is 13.4. The molecule has 0 bridgehead atoms. The SMILES string of the molecule is COC(=O)c1cc2c(C)ccnc2c(F)c1Nc1ccc(Br)cc1F. The highest BCUT2D eigenvalue weighted by Crippen LogP contribution is 2.33. The summed E-state index contributed by atoms with van der Waals surface area (Å²) >= 11 is 3.16. The molecule has 0 amide bonds. The van der Waals surface area contributed by atoms with Gasteiger partial charge in [-0.2, -0.15) is 0 Å². The molecular formula is C18H13BrF2N2O2. The molecule has 0 atom stereocenters. The van der Waals surface area contributed by atoms with Crippen LogP contribution < -0.4 is 5.32 Å². The second-order valence-corrected chi connectivity index (χ2v) is 6.29. The van der Waals surface area contributed by atoms with Crippen LogP contribution >= 0.6 is 15.9 Å². The number of ether oxygens (including phenoxy) is 1. The molecular weight excluding hydrogens is 394 g/mol. The third kappa shape index (κ3) is 3.19. The molecule has 25 heavy (non-hydrogen) atoms. The molecule has 0 aliphatic carbocycles. The van der Waals surface area contributed by atoms with Crippen LogP contribution in [0, 0.1) is 18.6 Å². The van der Waals surface area contributed by atoms with Crippen LogP contribution in [0.1, 0.15) is 15.9 Å². The van der Waals surface area contributed by atoms with E-state index in [9.17, 15) is 9.18 Å². The predicted octanol–water partition coefficient (Wildman–Crippen LogP) is 5.11. The number of halogens is 3. The Bertz CT molecular complexity index is 992. The monoisotopic (exact) mass is 406 g/mol. The number of nitrogens with one attached hydrogen (secondary N) is 1. The van der Waals surface area contributed by atoms with Crippen molar-refractivity contribution in [1.29, 1.82) is 0 Å². The summed E-state index contributed by atoms with van der Waals surface area (Å²) < 4.78 is 34.4. The number of benzene rings is 2. The topological polar surface area (TPSA) is 51.2 Å². The molecule has 0 aliphatic heterocycles. The minimum Gasteiger partial charge on any atom is -0.465 e. The molecule has 7 heteroatoms. The fraction of sp³-hybridized carbons (Fsp3) is 0.111.